The molecule has 2 N–H and O–H groups in total. The van der Waals surface area contributed by atoms with Crippen molar-refractivity contribution in [3.05, 3.63) is 49.3 Å². The molecule has 0 saturated carbocycles. The van der Waals surface area contributed by atoms with Gasteiger partial charge < -0.3 is 15.2 Å². The molecule has 0 heterocycles. The van der Waals surface area contributed by atoms with Crippen LogP contribution in [-0.2, 0) is 0 Å². The van der Waals surface area contributed by atoms with E-state index in [1.54, 1.807) is 30.3 Å². The topological polar surface area (TPSA) is 58.6 Å². The number of anilines is 1. The molecule has 0 bridgehead atoms. The number of nitrogens with one attached hydrogen (secondary N) is 1. The van der Waals surface area contributed by atoms with Crippen molar-refractivity contribution in [2.45, 2.75) is 0 Å². The van der Waals surface area contributed by atoms with Crippen LogP contribution in [0, 0.1) is 0 Å². The first kappa shape index (κ1) is 16.3. The van der Waals surface area contributed by atoms with Gasteiger partial charge >= 0.3 is 0 Å². The summed E-state index contributed by atoms with van der Waals surface area (Å²) in [6.07, 6.45) is 0. The number of amides is 1. The average molecular weight is 480 g/mol. The van der Waals surface area contributed by atoms with Gasteiger partial charge in [0.05, 0.1) is 21.6 Å². The van der Waals surface area contributed by atoms with Crippen molar-refractivity contribution in [1.29, 1.82) is 0 Å². The van der Waals surface area contributed by atoms with Crippen LogP contribution in [0.3, 0.4) is 0 Å². The van der Waals surface area contributed by atoms with Crippen LogP contribution in [0.4, 0.5) is 5.69 Å². The maximum atomic E-state index is 12.3. The lowest BCUT2D eigenvalue weighted by atomic mass is 10.2. The fourth-order valence-electron chi connectivity index (χ4n) is 1.69. The van der Waals surface area contributed by atoms with Crippen LogP contribution >= 0.6 is 47.8 Å². The summed E-state index contributed by atoms with van der Waals surface area (Å²) >= 11 is 9.77. The number of hydrogen-bond acceptors (Lipinski definition) is 3. The summed E-state index contributed by atoms with van der Waals surface area (Å²) in [4.78, 5) is 12.3. The van der Waals surface area contributed by atoms with Crippen molar-refractivity contribution in [2.24, 2.45) is 0 Å². The highest BCUT2D eigenvalue weighted by Crippen LogP contribution is 2.35. The zero-order valence-corrected chi connectivity index (χ0v) is 15.5. The Hall–Kier alpha value is -1.05. The van der Waals surface area contributed by atoms with Crippen LogP contribution in [0.5, 0.6) is 11.5 Å². The highest BCUT2D eigenvalue weighted by molar-refractivity contribution is 9.11. The maximum absolute atomic E-state index is 12.3. The molecule has 0 unspecified atom stereocenters. The number of benzene rings is 2. The lowest BCUT2D eigenvalue weighted by Gasteiger charge is -2.11. The molecule has 0 aliphatic carbocycles. The standard InChI is InChI=1S/C14H10Br3NO3/c1-21-12-3-2-7(15)4-9(12)14(20)18-8-5-10(16)13(19)11(17)6-8/h2-6,19H,1H3,(H,18,20). The molecule has 0 saturated heterocycles. The third-order valence-corrected chi connectivity index (χ3v) is 4.38. The van der Waals surface area contributed by atoms with Gasteiger partial charge in [0.1, 0.15) is 11.5 Å². The molecule has 4 nitrogen and oxygen atoms in total. The average Bonchev–Trinajstić information content (AvgIpc) is 2.44. The molecular formula is C14H10Br3NO3. The van der Waals surface area contributed by atoms with Crippen molar-refractivity contribution in [3.63, 3.8) is 0 Å². The molecule has 2 aromatic carbocycles. The van der Waals surface area contributed by atoms with Crippen molar-refractivity contribution in [3.8, 4) is 11.5 Å². The second-order valence-electron chi connectivity index (χ2n) is 4.09. The SMILES string of the molecule is COc1ccc(Br)cc1C(=O)Nc1cc(Br)c(O)c(Br)c1. The van der Waals surface area contributed by atoms with Gasteiger partial charge in [0.15, 0.2) is 0 Å². The van der Waals surface area contributed by atoms with Crippen LogP contribution in [0.25, 0.3) is 0 Å². The van der Waals surface area contributed by atoms with Gasteiger partial charge in [-0.2, -0.15) is 0 Å². The summed E-state index contributed by atoms with van der Waals surface area (Å²) in [6.45, 7) is 0. The zero-order chi connectivity index (χ0) is 15.6. The normalized spacial score (nSPS) is 10.3. The predicted octanol–water partition coefficient (Wildman–Crippen LogP) is 4.94. The van der Waals surface area contributed by atoms with Gasteiger partial charge in [-0.1, -0.05) is 15.9 Å². The van der Waals surface area contributed by atoms with Gasteiger partial charge in [-0.3, -0.25) is 4.79 Å². The molecule has 0 atom stereocenters. The van der Waals surface area contributed by atoms with Gasteiger partial charge in [-0.05, 0) is 62.2 Å². The van der Waals surface area contributed by atoms with E-state index in [2.05, 4.69) is 53.1 Å². The van der Waals surface area contributed by atoms with Gasteiger partial charge in [-0.15, -0.1) is 0 Å². The minimum atomic E-state index is -0.308. The first-order valence-corrected chi connectivity index (χ1v) is 8.13. The van der Waals surface area contributed by atoms with Crippen molar-refractivity contribution < 1.29 is 14.6 Å². The van der Waals surface area contributed by atoms with Crippen molar-refractivity contribution in [1.82, 2.24) is 0 Å². The van der Waals surface area contributed by atoms with Gasteiger partial charge in [0.25, 0.3) is 5.91 Å². The molecule has 0 aromatic heterocycles. The Morgan fingerprint density at radius 2 is 1.76 bits per heavy atom. The predicted molar refractivity (Wildman–Crippen MR) is 92.2 cm³/mol. The molecule has 0 spiro atoms. The molecule has 2 rings (SSSR count). The third-order valence-electron chi connectivity index (χ3n) is 2.68. The number of carbonyl (C=O) groups is 1. The lowest BCUT2D eigenvalue weighted by Crippen LogP contribution is -2.13. The molecule has 110 valence electrons. The number of ether oxygens (including phenoxy) is 1. The van der Waals surface area contributed by atoms with Crippen molar-refractivity contribution >= 4 is 59.4 Å². The minimum Gasteiger partial charge on any atom is -0.506 e. The van der Waals surface area contributed by atoms with E-state index in [4.69, 9.17) is 4.74 Å². The Morgan fingerprint density at radius 1 is 1.14 bits per heavy atom. The number of phenolic OH excluding ortho intramolecular Hbond substituents is 1. The van der Waals surface area contributed by atoms with E-state index in [-0.39, 0.29) is 11.7 Å². The Bertz CT molecular complexity index is 681. The molecule has 21 heavy (non-hydrogen) atoms. The smallest absolute Gasteiger partial charge is 0.259 e. The first-order chi connectivity index (χ1) is 9.92. The first-order valence-electron chi connectivity index (χ1n) is 5.75. The second-order valence-corrected chi connectivity index (χ2v) is 6.71. The highest BCUT2D eigenvalue weighted by atomic mass is 79.9. The fraction of sp³-hybridized carbons (Fsp3) is 0.0714. The number of methoxy groups -OCH3 is 1. The zero-order valence-electron chi connectivity index (χ0n) is 10.8. The van der Waals surface area contributed by atoms with Crippen LogP contribution in [0.2, 0.25) is 0 Å². The number of aromatic hydroxyl groups is 1. The van der Waals surface area contributed by atoms with Crippen LogP contribution in [-0.4, -0.2) is 18.1 Å². The van der Waals surface area contributed by atoms with Crippen LogP contribution < -0.4 is 10.1 Å². The summed E-state index contributed by atoms with van der Waals surface area (Å²) in [5.41, 5.74) is 0.950. The summed E-state index contributed by atoms with van der Waals surface area (Å²) in [5, 5.41) is 12.4. The van der Waals surface area contributed by atoms with Gasteiger partial charge in [-0.25, -0.2) is 0 Å². The molecular weight excluding hydrogens is 470 g/mol. The van der Waals surface area contributed by atoms with E-state index in [9.17, 15) is 9.90 Å². The van der Waals surface area contributed by atoms with E-state index in [1.165, 1.54) is 7.11 Å². The number of hydrogen-bond donors (Lipinski definition) is 2. The Kier molecular flexibility index (Phi) is 5.29. The number of carbonyl (C=O) groups excluding carboxylic acids is 1. The van der Waals surface area contributed by atoms with E-state index < -0.39 is 0 Å². The summed E-state index contributed by atoms with van der Waals surface area (Å²) in [7, 11) is 1.51. The Morgan fingerprint density at radius 3 is 2.33 bits per heavy atom. The molecule has 2 aromatic rings. The van der Waals surface area contributed by atoms with Crippen molar-refractivity contribution in [2.75, 3.05) is 12.4 Å². The molecule has 7 heteroatoms. The van der Waals surface area contributed by atoms with E-state index in [0.29, 0.717) is 25.9 Å². The van der Waals surface area contributed by atoms with E-state index >= 15 is 0 Å². The molecule has 1 amide bonds. The lowest BCUT2D eigenvalue weighted by molar-refractivity contribution is 0.102. The number of rotatable bonds is 3. The highest BCUT2D eigenvalue weighted by Gasteiger charge is 2.14. The summed E-state index contributed by atoms with van der Waals surface area (Å²) in [5.74, 6) is 0.248. The summed E-state index contributed by atoms with van der Waals surface area (Å²) < 4.78 is 6.92. The Labute approximate surface area is 146 Å². The largest absolute Gasteiger partial charge is 0.506 e. The maximum Gasteiger partial charge on any atom is 0.259 e. The van der Waals surface area contributed by atoms with Gasteiger partial charge in [0.2, 0.25) is 0 Å². The second kappa shape index (κ2) is 6.81. The van der Waals surface area contributed by atoms with Crippen LogP contribution in [0.15, 0.2) is 43.7 Å². The Balaban J connectivity index is 2.32. The van der Waals surface area contributed by atoms with E-state index in [0.717, 1.165) is 4.47 Å². The quantitative estimate of drug-likeness (QED) is 0.613. The number of halogens is 3. The molecule has 0 aliphatic heterocycles. The van der Waals surface area contributed by atoms with Gasteiger partial charge in [0, 0.05) is 10.2 Å². The third kappa shape index (κ3) is 3.78. The molecule has 0 fully saturated rings. The monoisotopic (exact) mass is 477 g/mol. The molecule has 0 aliphatic rings. The molecule has 0 radical (unpaired) electrons. The number of phenols is 1. The fourth-order valence-corrected chi connectivity index (χ4v) is 3.24. The minimum absolute atomic E-state index is 0.0769. The van der Waals surface area contributed by atoms with Crippen LogP contribution in [0.1, 0.15) is 10.4 Å². The summed E-state index contributed by atoms with van der Waals surface area (Å²) in [6, 6.07) is 8.41. The van der Waals surface area contributed by atoms with E-state index in [1.807, 2.05) is 0 Å².